The molecule has 0 spiro atoms. The van der Waals surface area contributed by atoms with Crippen molar-refractivity contribution in [1.29, 1.82) is 5.41 Å². The summed E-state index contributed by atoms with van der Waals surface area (Å²) in [5.74, 6) is 0.538. The number of nitrogens with one attached hydrogen (secondary N) is 1. The number of hydrogen-bond acceptors (Lipinski definition) is 5. The minimum Gasteiger partial charge on any atom is -0.455 e. The van der Waals surface area contributed by atoms with Crippen LogP contribution in [0.3, 0.4) is 0 Å². The van der Waals surface area contributed by atoms with E-state index in [1.54, 1.807) is 25.1 Å². The molecular weight excluding hydrogens is 260 g/mol. The Bertz CT molecular complexity index is 685. The number of aryl methyl sites for hydroxylation is 1. The molecular formula is C13H12N4O3. The zero-order chi connectivity index (χ0) is 14.7. The fourth-order valence-corrected chi connectivity index (χ4v) is 1.70. The molecule has 2 rings (SSSR count). The van der Waals surface area contributed by atoms with Crippen molar-refractivity contribution in [2.75, 3.05) is 0 Å². The molecule has 0 aliphatic carbocycles. The van der Waals surface area contributed by atoms with E-state index in [0.717, 1.165) is 0 Å². The van der Waals surface area contributed by atoms with E-state index in [1.807, 2.05) is 0 Å². The molecule has 2 aromatic rings. The third-order valence-electron chi connectivity index (χ3n) is 2.62. The Labute approximate surface area is 114 Å². The van der Waals surface area contributed by atoms with Crippen LogP contribution in [0.4, 0.5) is 5.69 Å². The van der Waals surface area contributed by atoms with E-state index in [0.29, 0.717) is 17.1 Å². The average molecular weight is 272 g/mol. The summed E-state index contributed by atoms with van der Waals surface area (Å²) < 4.78 is 5.58. The van der Waals surface area contributed by atoms with Crippen LogP contribution in [-0.4, -0.2) is 15.7 Å². The van der Waals surface area contributed by atoms with Crippen molar-refractivity contribution in [3.63, 3.8) is 0 Å². The number of amidine groups is 1. The predicted octanol–water partition coefficient (Wildman–Crippen LogP) is 2.37. The Kier molecular flexibility index (Phi) is 3.60. The molecule has 0 bridgehead atoms. The van der Waals surface area contributed by atoms with E-state index < -0.39 is 4.92 Å². The summed E-state index contributed by atoms with van der Waals surface area (Å²) in [6.45, 7) is 1.63. The summed E-state index contributed by atoms with van der Waals surface area (Å²) in [5, 5.41) is 18.2. The number of aromatic nitrogens is 1. The van der Waals surface area contributed by atoms with Crippen LogP contribution in [0.2, 0.25) is 0 Å². The van der Waals surface area contributed by atoms with Crippen LogP contribution in [0.1, 0.15) is 11.3 Å². The zero-order valence-corrected chi connectivity index (χ0v) is 10.7. The third-order valence-corrected chi connectivity index (χ3v) is 2.62. The lowest BCUT2D eigenvalue weighted by molar-refractivity contribution is -0.385. The van der Waals surface area contributed by atoms with Crippen LogP contribution >= 0.6 is 0 Å². The second-order valence-corrected chi connectivity index (χ2v) is 4.07. The van der Waals surface area contributed by atoms with Crippen molar-refractivity contribution in [2.24, 2.45) is 5.73 Å². The van der Waals surface area contributed by atoms with Gasteiger partial charge in [0.15, 0.2) is 5.75 Å². The summed E-state index contributed by atoms with van der Waals surface area (Å²) in [6.07, 6.45) is 1.50. The molecule has 0 atom stereocenters. The lowest BCUT2D eigenvalue weighted by Gasteiger charge is -2.09. The van der Waals surface area contributed by atoms with E-state index in [2.05, 4.69) is 4.98 Å². The predicted molar refractivity (Wildman–Crippen MR) is 73.2 cm³/mol. The number of nitrogen functional groups attached to an aromatic ring is 1. The van der Waals surface area contributed by atoms with Gasteiger partial charge in [0.25, 0.3) is 5.69 Å². The first kappa shape index (κ1) is 13.5. The minimum atomic E-state index is -0.454. The number of nitrogens with zero attached hydrogens (tertiary/aromatic N) is 2. The maximum atomic E-state index is 10.7. The number of hydrogen-bond donors (Lipinski definition) is 2. The van der Waals surface area contributed by atoms with Crippen molar-refractivity contribution in [1.82, 2.24) is 4.98 Å². The number of nitrogens with two attached hydrogens (primary N) is 1. The molecule has 1 aromatic heterocycles. The molecule has 0 aliphatic rings. The molecule has 1 aromatic carbocycles. The Hall–Kier alpha value is -2.96. The third kappa shape index (κ3) is 2.72. The van der Waals surface area contributed by atoms with Crippen LogP contribution in [0.25, 0.3) is 0 Å². The van der Waals surface area contributed by atoms with Gasteiger partial charge < -0.3 is 10.5 Å². The molecule has 7 nitrogen and oxygen atoms in total. The zero-order valence-electron chi connectivity index (χ0n) is 10.7. The Morgan fingerprint density at radius 1 is 1.45 bits per heavy atom. The van der Waals surface area contributed by atoms with Crippen molar-refractivity contribution >= 4 is 11.5 Å². The van der Waals surface area contributed by atoms with Crippen LogP contribution in [0.5, 0.6) is 11.5 Å². The van der Waals surface area contributed by atoms with Crippen LogP contribution in [-0.2, 0) is 0 Å². The summed E-state index contributed by atoms with van der Waals surface area (Å²) in [6, 6.07) is 7.69. The van der Waals surface area contributed by atoms with Crippen LogP contribution < -0.4 is 10.5 Å². The maximum absolute atomic E-state index is 10.7. The number of ether oxygens (including phenoxy) is 1. The van der Waals surface area contributed by atoms with E-state index >= 15 is 0 Å². The first-order valence-electron chi connectivity index (χ1n) is 5.71. The standard InChI is InChI=1S/C13H12N4O3/c1-8-7-9(4-5-10(8)17(18)19)20-11-3-2-6-16-12(11)13(14)15/h2-7H,1H3,(H3,14,15). The van der Waals surface area contributed by atoms with E-state index in [9.17, 15) is 10.1 Å². The Morgan fingerprint density at radius 2 is 2.20 bits per heavy atom. The number of benzene rings is 1. The monoisotopic (exact) mass is 272 g/mol. The molecule has 0 saturated heterocycles. The smallest absolute Gasteiger partial charge is 0.272 e. The SMILES string of the molecule is Cc1cc(Oc2cccnc2C(=N)N)ccc1[N+](=O)[O-]. The highest BCUT2D eigenvalue weighted by molar-refractivity contribution is 5.95. The van der Waals surface area contributed by atoms with Gasteiger partial charge in [0.1, 0.15) is 17.3 Å². The second-order valence-electron chi connectivity index (χ2n) is 4.07. The van der Waals surface area contributed by atoms with Gasteiger partial charge in [-0.15, -0.1) is 0 Å². The van der Waals surface area contributed by atoms with Crippen LogP contribution in [0, 0.1) is 22.4 Å². The molecule has 20 heavy (non-hydrogen) atoms. The molecule has 0 saturated carbocycles. The summed E-state index contributed by atoms with van der Waals surface area (Å²) >= 11 is 0. The van der Waals surface area contributed by atoms with Gasteiger partial charge in [-0.2, -0.15) is 0 Å². The van der Waals surface area contributed by atoms with E-state index in [4.69, 9.17) is 15.9 Å². The van der Waals surface area contributed by atoms with Crippen molar-refractivity contribution in [2.45, 2.75) is 6.92 Å². The molecule has 3 N–H and O–H groups in total. The highest BCUT2D eigenvalue weighted by atomic mass is 16.6. The molecule has 0 unspecified atom stereocenters. The van der Waals surface area contributed by atoms with Gasteiger partial charge in [-0.05, 0) is 31.2 Å². The molecule has 0 radical (unpaired) electrons. The topological polar surface area (TPSA) is 115 Å². The minimum absolute atomic E-state index is 0.0235. The Balaban J connectivity index is 2.34. The number of pyridine rings is 1. The van der Waals surface area contributed by atoms with Gasteiger partial charge in [-0.3, -0.25) is 15.5 Å². The lowest BCUT2D eigenvalue weighted by atomic mass is 10.2. The second kappa shape index (κ2) is 5.35. The highest BCUT2D eigenvalue weighted by Crippen LogP contribution is 2.28. The fourth-order valence-electron chi connectivity index (χ4n) is 1.70. The van der Waals surface area contributed by atoms with Gasteiger partial charge in [0, 0.05) is 17.8 Å². The average Bonchev–Trinajstić information content (AvgIpc) is 2.38. The van der Waals surface area contributed by atoms with Gasteiger partial charge >= 0.3 is 0 Å². The van der Waals surface area contributed by atoms with Crippen molar-refractivity contribution < 1.29 is 9.66 Å². The molecule has 1 heterocycles. The largest absolute Gasteiger partial charge is 0.455 e. The number of rotatable bonds is 4. The van der Waals surface area contributed by atoms with E-state index in [-0.39, 0.29) is 17.2 Å². The first-order chi connectivity index (χ1) is 9.49. The normalized spacial score (nSPS) is 10.1. The molecule has 7 heteroatoms. The molecule has 102 valence electrons. The van der Waals surface area contributed by atoms with Crippen LogP contribution in [0.15, 0.2) is 36.5 Å². The summed E-state index contributed by atoms with van der Waals surface area (Å²) in [7, 11) is 0. The highest BCUT2D eigenvalue weighted by Gasteiger charge is 2.13. The fraction of sp³-hybridized carbons (Fsp3) is 0.0769. The van der Waals surface area contributed by atoms with Gasteiger partial charge in [-0.25, -0.2) is 4.98 Å². The lowest BCUT2D eigenvalue weighted by Crippen LogP contribution is -2.14. The quantitative estimate of drug-likeness (QED) is 0.383. The van der Waals surface area contributed by atoms with Crippen molar-refractivity contribution in [3.05, 3.63) is 57.9 Å². The van der Waals surface area contributed by atoms with Gasteiger partial charge in [-0.1, -0.05) is 0 Å². The molecule has 0 aliphatic heterocycles. The molecule has 0 fully saturated rings. The summed E-state index contributed by atoms with van der Waals surface area (Å²) in [5.41, 5.74) is 6.15. The first-order valence-corrected chi connectivity index (χ1v) is 5.71. The van der Waals surface area contributed by atoms with E-state index in [1.165, 1.54) is 18.3 Å². The molecule has 0 amide bonds. The number of nitro benzene ring substituents is 1. The van der Waals surface area contributed by atoms with Gasteiger partial charge in [0.2, 0.25) is 0 Å². The van der Waals surface area contributed by atoms with Gasteiger partial charge in [0.05, 0.1) is 4.92 Å². The maximum Gasteiger partial charge on any atom is 0.272 e. The number of nitro groups is 1. The van der Waals surface area contributed by atoms with Crippen molar-refractivity contribution in [3.8, 4) is 11.5 Å². The summed E-state index contributed by atoms with van der Waals surface area (Å²) in [4.78, 5) is 14.3. The Morgan fingerprint density at radius 3 is 2.80 bits per heavy atom.